The van der Waals surface area contributed by atoms with Crippen molar-refractivity contribution in [1.29, 1.82) is 0 Å². The number of amides is 1. The number of aromatic amines is 1. The van der Waals surface area contributed by atoms with Gasteiger partial charge in [-0.3, -0.25) is 4.79 Å². The van der Waals surface area contributed by atoms with E-state index in [2.05, 4.69) is 69.9 Å². The second-order valence-electron chi connectivity index (χ2n) is 8.00. The van der Waals surface area contributed by atoms with Crippen molar-refractivity contribution in [3.05, 3.63) is 54.4 Å². The Morgan fingerprint density at radius 2 is 1.97 bits per heavy atom. The van der Waals surface area contributed by atoms with Crippen molar-refractivity contribution in [2.24, 2.45) is 0 Å². The molecule has 0 unspecified atom stereocenters. The Balaban J connectivity index is 1.54. The lowest BCUT2D eigenvalue weighted by atomic mass is 10.1. The fraction of sp³-hybridized carbons (Fsp3) is 0.304. The molecule has 6 heteroatoms. The number of likely N-dealkylation sites (N-methyl/N-ethyl adjacent to an activating group) is 1. The Kier molecular flexibility index (Phi) is 4.36. The molecule has 0 radical (unpaired) electrons. The SMILES string of the molecule is Cc1ccc2c(c1)c(-c1cc3cccnc3[nH]1)cn2CC(=O)N1CCN(C)CC1. The summed E-state index contributed by atoms with van der Waals surface area (Å²) in [6.07, 6.45) is 3.90. The number of benzene rings is 1. The van der Waals surface area contributed by atoms with Crippen LogP contribution in [0.3, 0.4) is 0 Å². The number of carbonyl (C=O) groups excluding carboxylic acids is 1. The van der Waals surface area contributed by atoms with Crippen molar-refractivity contribution < 1.29 is 4.79 Å². The van der Waals surface area contributed by atoms with Crippen LogP contribution in [0.5, 0.6) is 0 Å². The van der Waals surface area contributed by atoms with Gasteiger partial charge in [-0.2, -0.15) is 0 Å². The minimum absolute atomic E-state index is 0.181. The van der Waals surface area contributed by atoms with Crippen molar-refractivity contribution in [2.45, 2.75) is 13.5 Å². The summed E-state index contributed by atoms with van der Waals surface area (Å²) in [4.78, 5) is 25.0. The van der Waals surface area contributed by atoms with Crippen LogP contribution >= 0.6 is 0 Å². The summed E-state index contributed by atoms with van der Waals surface area (Å²) in [5.41, 5.74) is 5.30. The van der Waals surface area contributed by atoms with Crippen LogP contribution in [-0.4, -0.2) is 63.5 Å². The minimum Gasteiger partial charge on any atom is -0.339 e. The number of aryl methyl sites for hydroxylation is 1. The Morgan fingerprint density at radius 3 is 2.76 bits per heavy atom. The molecule has 1 saturated heterocycles. The number of pyridine rings is 1. The highest BCUT2D eigenvalue weighted by molar-refractivity contribution is 5.98. The van der Waals surface area contributed by atoms with E-state index in [1.807, 2.05) is 11.0 Å². The molecule has 0 atom stereocenters. The first-order valence-corrected chi connectivity index (χ1v) is 10.1. The number of hydrogen-bond acceptors (Lipinski definition) is 3. The van der Waals surface area contributed by atoms with Gasteiger partial charge >= 0.3 is 0 Å². The van der Waals surface area contributed by atoms with Gasteiger partial charge in [-0.25, -0.2) is 4.98 Å². The molecule has 1 fully saturated rings. The van der Waals surface area contributed by atoms with Crippen LogP contribution in [0.15, 0.2) is 48.8 Å². The van der Waals surface area contributed by atoms with Crippen LogP contribution in [0, 0.1) is 6.92 Å². The molecule has 1 aliphatic heterocycles. The summed E-state index contributed by atoms with van der Waals surface area (Å²) in [6.45, 7) is 5.93. The second kappa shape index (κ2) is 7.04. The van der Waals surface area contributed by atoms with E-state index >= 15 is 0 Å². The van der Waals surface area contributed by atoms with Crippen molar-refractivity contribution in [3.63, 3.8) is 0 Å². The molecule has 0 bridgehead atoms. The molecule has 4 aromatic rings. The molecular formula is C23H25N5O. The quantitative estimate of drug-likeness (QED) is 0.587. The number of aromatic nitrogens is 3. The standard InChI is InChI=1S/C23H25N5O/c1-16-5-6-21-18(12-16)19(20-13-17-4-3-7-24-23(17)25-20)14-28(21)15-22(29)27-10-8-26(2)9-11-27/h3-7,12-14H,8-11,15H2,1-2H3,(H,24,25). The first kappa shape index (κ1) is 17.9. The van der Waals surface area contributed by atoms with Gasteiger partial charge in [0.2, 0.25) is 5.91 Å². The van der Waals surface area contributed by atoms with E-state index in [1.54, 1.807) is 6.20 Å². The van der Waals surface area contributed by atoms with Gasteiger partial charge in [0.25, 0.3) is 0 Å². The average molecular weight is 387 g/mol. The number of piperazine rings is 1. The summed E-state index contributed by atoms with van der Waals surface area (Å²) < 4.78 is 2.09. The zero-order chi connectivity index (χ0) is 20.0. The zero-order valence-corrected chi connectivity index (χ0v) is 16.9. The van der Waals surface area contributed by atoms with Crippen LogP contribution < -0.4 is 0 Å². The fourth-order valence-corrected chi connectivity index (χ4v) is 4.16. The Hall–Kier alpha value is -3.12. The van der Waals surface area contributed by atoms with Crippen LogP contribution in [0.1, 0.15) is 5.56 Å². The maximum absolute atomic E-state index is 12.9. The Morgan fingerprint density at radius 1 is 1.14 bits per heavy atom. The topological polar surface area (TPSA) is 57.2 Å². The first-order valence-electron chi connectivity index (χ1n) is 10.1. The number of rotatable bonds is 3. The number of nitrogens with one attached hydrogen (secondary N) is 1. The third kappa shape index (κ3) is 3.29. The van der Waals surface area contributed by atoms with Gasteiger partial charge in [0.1, 0.15) is 12.2 Å². The lowest BCUT2D eigenvalue weighted by Crippen LogP contribution is -2.48. The minimum atomic E-state index is 0.181. The molecule has 3 aromatic heterocycles. The van der Waals surface area contributed by atoms with E-state index in [9.17, 15) is 4.79 Å². The largest absolute Gasteiger partial charge is 0.339 e. The number of fused-ring (bicyclic) bond motifs is 2. The normalized spacial score (nSPS) is 15.4. The number of carbonyl (C=O) groups is 1. The Bertz CT molecular complexity index is 1160. The predicted octanol–water partition coefficient (Wildman–Crippen LogP) is 3.27. The van der Waals surface area contributed by atoms with Gasteiger partial charge < -0.3 is 19.4 Å². The third-order valence-electron chi connectivity index (χ3n) is 5.88. The van der Waals surface area contributed by atoms with Crippen LogP contribution in [0.2, 0.25) is 0 Å². The monoisotopic (exact) mass is 387 g/mol. The molecule has 29 heavy (non-hydrogen) atoms. The molecule has 1 aromatic carbocycles. The molecule has 1 aliphatic rings. The van der Waals surface area contributed by atoms with Gasteiger partial charge in [0.15, 0.2) is 0 Å². The fourth-order valence-electron chi connectivity index (χ4n) is 4.16. The molecule has 4 heterocycles. The van der Waals surface area contributed by atoms with E-state index in [0.717, 1.165) is 59.4 Å². The average Bonchev–Trinajstić information content (AvgIpc) is 3.29. The maximum Gasteiger partial charge on any atom is 0.242 e. The highest BCUT2D eigenvalue weighted by Gasteiger charge is 2.21. The van der Waals surface area contributed by atoms with E-state index in [0.29, 0.717) is 6.54 Å². The van der Waals surface area contributed by atoms with Crippen LogP contribution in [-0.2, 0) is 11.3 Å². The lowest BCUT2D eigenvalue weighted by molar-refractivity contribution is -0.133. The highest BCUT2D eigenvalue weighted by atomic mass is 16.2. The summed E-state index contributed by atoms with van der Waals surface area (Å²) in [6, 6.07) is 12.6. The molecule has 0 spiro atoms. The summed E-state index contributed by atoms with van der Waals surface area (Å²) in [7, 11) is 2.10. The van der Waals surface area contributed by atoms with E-state index < -0.39 is 0 Å². The molecule has 1 amide bonds. The molecule has 6 nitrogen and oxygen atoms in total. The molecule has 5 rings (SSSR count). The molecule has 148 valence electrons. The molecular weight excluding hydrogens is 362 g/mol. The van der Waals surface area contributed by atoms with Crippen molar-refractivity contribution in [1.82, 2.24) is 24.3 Å². The van der Waals surface area contributed by atoms with Gasteiger partial charge in [-0.15, -0.1) is 0 Å². The van der Waals surface area contributed by atoms with E-state index in [4.69, 9.17) is 0 Å². The lowest BCUT2D eigenvalue weighted by Gasteiger charge is -2.32. The van der Waals surface area contributed by atoms with Gasteiger partial charge in [-0.1, -0.05) is 11.6 Å². The van der Waals surface area contributed by atoms with Crippen molar-refractivity contribution in [3.8, 4) is 11.3 Å². The van der Waals surface area contributed by atoms with Gasteiger partial charge in [-0.05, 0) is 44.3 Å². The van der Waals surface area contributed by atoms with Gasteiger partial charge in [0.05, 0.1) is 0 Å². The first-order chi connectivity index (χ1) is 14.1. The van der Waals surface area contributed by atoms with Gasteiger partial charge in [0, 0.05) is 66.1 Å². The highest BCUT2D eigenvalue weighted by Crippen LogP contribution is 2.32. The summed E-state index contributed by atoms with van der Waals surface area (Å²) >= 11 is 0. The molecule has 0 saturated carbocycles. The predicted molar refractivity (Wildman–Crippen MR) is 116 cm³/mol. The summed E-state index contributed by atoms with van der Waals surface area (Å²) in [5, 5.41) is 2.24. The van der Waals surface area contributed by atoms with Crippen LogP contribution in [0.25, 0.3) is 33.2 Å². The summed E-state index contributed by atoms with van der Waals surface area (Å²) in [5.74, 6) is 0.181. The number of H-pyrrole nitrogens is 1. The van der Waals surface area contributed by atoms with Crippen molar-refractivity contribution >= 4 is 27.8 Å². The molecule has 1 N–H and O–H groups in total. The Labute approximate surface area is 169 Å². The van der Waals surface area contributed by atoms with E-state index in [-0.39, 0.29) is 5.91 Å². The van der Waals surface area contributed by atoms with E-state index in [1.165, 1.54) is 5.56 Å². The number of nitrogens with zero attached hydrogens (tertiary/aromatic N) is 4. The number of hydrogen-bond donors (Lipinski definition) is 1. The van der Waals surface area contributed by atoms with Crippen molar-refractivity contribution in [2.75, 3.05) is 33.2 Å². The molecule has 0 aliphatic carbocycles. The smallest absolute Gasteiger partial charge is 0.242 e. The third-order valence-corrected chi connectivity index (χ3v) is 5.88. The van der Waals surface area contributed by atoms with Crippen LogP contribution in [0.4, 0.5) is 0 Å². The second-order valence-corrected chi connectivity index (χ2v) is 8.00. The zero-order valence-electron chi connectivity index (χ0n) is 16.9. The maximum atomic E-state index is 12.9.